The standard InChI is InChI=1S/C16H15ClFNO2/c1-10(11-3-6-13(21-2)7-4-11)19-16(20)14-8-5-12(17)9-15(14)18/h3-10H,1-2H3,(H,19,20)/t10-/m0/s1. The molecule has 5 heteroatoms. The van der Waals surface area contributed by atoms with Gasteiger partial charge in [-0.1, -0.05) is 23.7 Å². The summed E-state index contributed by atoms with van der Waals surface area (Å²) in [6, 6.07) is 11.0. The van der Waals surface area contributed by atoms with Crippen LogP contribution >= 0.6 is 11.6 Å². The Hall–Kier alpha value is -2.07. The first-order valence-electron chi connectivity index (χ1n) is 6.41. The van der Waals surface area contributed by atoms with Crippen LogP contribution in [0.4, 0.5) is 4.39 Å². The molecule has 0 saturated carbocycles. The molecule has 1 amide bonds. The van der Waals surface area contributed by atoms with Gasteiger partial charge in [0.15, 0.2) is 0 Å². The van der Waals surface area contributed by atoms with Gasteiger partial charge in [-0.15, -0.1) is 0 Å². The maximum atomic E-state index is 13.7. The normalized spacial score (nSPS) is 11.8. The molecule has 2 aromatic carbocycles. The monoisotopic (exact) mass is 307 g/mol. The Morgan fingerprint density at radius 3 is 2.48 bits per heavy atom. The van der Waals surface area contributed by atoms with Crippen LogP contribution in [0.5, 0.6) is 5.75 Å². The second kappa shape index (κ2) is 6.59. The van der Waals surface area contributed by atoms with Crippen molar-refractivity contribution in [1.82, 2.24) is 5.32 Å². The van der Waals surface area contributed by atoms with Crippen LogP contribution in [0.1, 0.15) is 28.9 Å². The van der Waals surface area contributed by atoms with Crippen LogP contribution in [0, 0.1) is 5.82 Å². The van der Waals surface area contributed by atoms with Crippen LogP contribution in [-0.2, 0) is 0 Å². The van der Waals surface area contributed by atoms with E-state index in [-0.39, 0.29) is 16.6 Å². The minimum Gasteiger partial charge on any atom is -0.497 e. The van der Waals surface area contributed by atoms with Gasteiger partial charge < -0.3 is 10.1 Å². The molecule has 0 fully saturated rings. The number of halogens is 2. The van der Waals surface area contributed by atoms with E-state index in [9.17, 15) is 9.18 Å². The fourth-order valence-electron chi connectivity index (χ4n) is 1.92. The van der Waals surface area contributed by atoms with Gasteiger partial charge in [-0.05, 0) is 42.8 Å². The predicted molar refractivity (Wildman–Crippen MR) is 80.3 cm³/mol. The Morgan fingerprint density at radius 2 is 1.90 bits per heavy atom. The Bertz CT molecular complexity index is 643. The third-order valence-electron chi connectivity index (χ3n) is 3.14. The number of nitrogens with one attached hydrogen (secondary N) is 1. The maximum Gasteiger partial charge on any atom is 0.254 e. The van der Waals surface area contributed by atoms with E-state index in [1.54, 1.807) is 19.2 Å². The summed E-state index contributed by atoms with van der Waals surface area (Å²) in [5, 5.41) is 3.00. The highest BCUT2D eigenvalue weighted by atomic mass is 35.5. The molecule has 0 aliphatic carbocycles. The molecule has 1 atom stereocenters. The van der Waals surface area contributed by atoms with Crippen molar-refractivity contribution in [2.45, 2.75) is 13.0 Å². The average Bonchev–Trinajstić information content (AvgIpc) is 2.47. The quantitative estimate of drug-likeness (QED) is 0.928. The van der Waals surface area contributed by atoms with Gasteiger partial charge in [0.05, 0.1) is 18.7 Å². The highest BCUT2D eigenvalue weighted by Gasteiger charge is 2.15. The highest BCUT2D eigenvalue weighted by Crippen LogP contribution is 2.19. The number of carbonyl (C=O) groups excluding carboxylic acids is 1. The molecule has 0 aromatic heterocycles. The van der Waals surface area contributed by atoms with Crippen LogP contribution in [0.25, 0.3) is 0 Å². The fraction of sp³-hybridized carbons (Fsp3) is 0.188. The summed E-state index contributed by atoms with van der Waals surface area (Å²) in [4.78, 5) is 12.1. The Balaban J connectivity index is 2.10. The second-order valence-electron chi connectivity index (χ2n) is 4.59. The van der Waals surface area contributed by atoms with E-state index in [1.165, 1.54) is 12.1 Å². The summed E-state index contributed by atoms with van der Waals surface area (Å²) >= 11 is 5.67. The topological polar surface area (TPSA) is 38.3 Å². The van der Waals surface area contributed by atoms with Gasteiger partial charge in [0.25, 0.3) is 5.91 Å². The molecule has 2 aromatic rings. The number of benzene rings is 2. The number of hydrogen-bond acceptors (Lipinski definition) is 2. The van der Waals surface area contributed by atoms with E-state index < -0.39 is 11.7 Å². The lowest BCUT2D eigenvalue weighted by Gasteiger charge is -2.15. The molecule has 1 N–H and O–H groups in total. The van der Waals surface area contributed by atoms with Gasteiger partial charge >= 0.3 is 0 Å². The zero-order valence-corrected chi connectivity index (χ0v) is 12.4. The number of rotatable bonds is 4. The molecule has 0 aliphatic heterocycles. The SMILES string of the molecule is COc1ccc([C@H](C)NC(=O)c2ccc(Cl)cc2F)cc1. The third-order valence-corrected chi connectivity index (χ3v) is 3.37. The lowest BCUT2D eigenvalue weighted by molar-refractivity contribution is 0.0936. The van der Waals surface area contributed by atoms with E-state index >= 15 is 0 Å². The van der Waals surface area contributed by atoms with Crippen LogP contribution in [-0.4, -0.2) is 13.0 Å². The summed E-state index contributed by atoms with van der Waals surface area (Å²) in [7, 11) is 1.59. The minimum atomic E-state index is -0.637. The highest BCUT2D eigenvalue weighted by molar-refractivity contribution is 6.30. The van der Waals surface area contributed by atoms with Crippen LogP contribution in [0.3, 0.4) is 0 Å². The van der Waals surface area contributed by atoms with Crippen LogP contribution < -0.4 is 10.1 Å². The summed E-state index contributed by atoms with van der Waals surface area (Å²) in [5.74, 6) is -0.379. The van der Waals surface area contributed by atoms with E-state index in [1.807, 2.05) is 19.1 Å². The van der Waals surface area contributed by atoms with Gasteiger partial charge in [0.1, 0.15) is 11.6 Å². The molecule has 2 rings (SSSR count). The molecule has 3 nitrogen and oxygen atoms in total. The first kappa shape index (κ1) is 15.3. The fourth-order valence-corrected chi connectivity index (χ4v) is 2.08. The molecule has 110 valence electrons. The van der Waals surface area contributed by atoms with Crippen molar-refractivity contribution >= 4 is 17.5 Å². The van der Waals surface area contributed by atoms with Crippen molar-refractivity contribution < 1.29 is 13.9 Å². The minimum absolute atomic E-state index is 0.0280. The van der Waals surface area contributed by atoms with Crippen molar-refractivity contribution in [1.29, 1.82) is 0 Å². The first-order chi connectivity index (χ1) is 10.0. The molecule has 0 heterocycles. The predicted octanol–water partition coefficient (Wildman–Crippen LogP) is 3.98. The second-order valence-corrected chi connectivity index (χ2v) is 5.03. The Morgan fingerprint density at radius 1 is 1.24 bits per heavy atom. The van der Waals surface area contributed by atoms with Gasteiger partial charge in [-0.2, -0.15) is 0 Å². The molecule has 0 aliphatic rings. The van der Waals surface area contributed by atoms with Crippen molar-refractivity contribution in [2.75, 3.05) is 7.11 Å². The van der Waals surface area contributed by atoms with Gasteiger partial charge in [-0.25, -0.2) is 4.39 Å². The van der Waals surface area contributed by atoms with Crippen LogP contribution in [0.2, 0.25) is 5.02 Å². The summed E-state index contributed by atoms with van der Waals surface area (Å²) in [5.41, 5.74) is 0.873. The number of ether oxygens (including phenoxy) is 1. The summed E-state index contributed by atoms with van der Waals surface area (Å²) in [6.07, 6.45) is 0. The molecular formula is C16H15ClFNO2. The van der Waals surface area contributed by atoms with E-state index in [0.717, 1.165) is 17.4 Å². The zero-order chi connectivity index (χ0) is 15.4. The maximum absolute atomic E-state index is 13.7. The first-order valence-corrected chi connectivity index (χ1v) is 6.79. The largest absolute Gasteiger partial charge is 0.497 e. The van der Waals surface area contributed by atoms with Crippen molar-refractivity contribution in [3.63, 3.8) is 0 Å². The zero-order valence-electron chi connectivity index (χ0n) is 11.7. The average molecular weight is 308 g/mol. The lowest BCUT2D eigenvalue weighted by atomic mass is 10.1. The summed E-state index contributed by atoms with van der Waals surface area (Å²) in [6.45, 7) is 1.83. The number of carbonyl (C=O) groups is 1. The number of hydrogen-bond donors (Lipinski definition) is 1. The Labute approximate surface area is 127 Å². The van der Waals surface area contributed by atoms with Crippen LogP contribution in [0.15, 0.2) is 42.5 Å². The van der Waals surface area contributed by atoms with E-state index in [4.69, 9.17) is 16.3 Å². The van der Waals surface area contributed by atoms with E-state index in [2.05, 4.69) is 5.32 Å². The van der Waals surface area contributed by atoms with Crippen molar-refractivity contribution in [3.05, 3.63) is 64.4 Å². The molecular weight excluding hydrogens is 293 g/mol. The molecule has 0 radical (unpaired) electrons. The third kappa shape index (κ3) is 3.73. The van der Waals surface area contributed by atoms with Gasteiger partial charge in [0, 0.05) is 5.02 Å². The summed E-state index contributed by atoms with van der Waals surface area (Å²) < 4.78 is 18.8. The van der Waals surface area contributed by atoms with E-state index in [0.29, 0.717) is 0 Å². The molecule has 0 spiro atoms. The Kier molecular flexibility index (Phi) is 4.81. The van der Waals surface area contributed by atoms with Crippen molar-refractivity contribution in [2.24, 2.45) is 0 Å². The molecule has 0 bridgehead atoms. The number of methoxy groups -OCH3 is 1. The molecule has 0 saturated heterocycles. The van der Waals surface area contributed by atoms with Crippen molar-refractivity contribution in [3.8, 4) is 5.75 Å². The lowest BCUT2D eigenvalue weighted by Crippen LogP contribution is -2.27. The smallest absolute Gasteiger partial charge is 0.254 e. The van der Waals surface area contributed by atoms with Gasteiger partial charge in [-0.3, -0.25) is 4.79 Å². The molecule has 21 heavy (non-hydrogen) atoms. The molecule has 0 unspecified atom stereocenters. The van der Waals surface area contributed by atoms with Gasteiger partial charge in [0.2, 0.25) is 0 Å². The number of amides is 1.